The number of hydrogen-bond donors (Lipinski definition) is 1. The van der Waals surface area contributed by atoms with Gasteiger partial charge in [-0.1, -0.05) is 13.8 Å². The summed E-state index contributed by atoms with van der Waals surface area (Å²) in [5, 5.41) is 9.05. The Morgan fingerprint density at radius 1 is 1.47 bits per heavy atom. The molecule has 0 bridgehead atoms. The number of carboxylic acids is 1. The number of carbonyl (C=O) groups is 1. The van der Waals surface area contributed by atoms with Gasteiger partial charge < -0.3 is 9.84 Å². The van der Waals surface area contributed by atoms with Crippen molar-refractivity contribution >= 4 is 5.97 Å². The van der Waals surface area contributed by atoms with Crippen LogP contribution in [0.2, 0.25) is 0 Å². The lowest BCUT2D eigenvalue weighted by Gasteiger charge is -2.25. The average molecular weight is 238 g/mol. The molecule has 0 aromatic heterocycles. The number of carboxylic acid groups (broad SMARTS) is 1. The predicted octanol–water partition coefficient (Wildman–Crippen LogP) is 3.02. The number of ether oxygens (including phenoxy) is 1. The van der Waals surface area contributed by atoms with Gasteiger partial charge in [0.2, 0.25) is 0 Å². The van der Waals surface area contributed by atoms with Gasteiger partial charge in [0, 0.05) is 12.0 Å². The molecule has 0 saturated heterocycles. The maximum Gasteiger partial charge on any atom is 0.339 e. The van der Waals surface area contributed by atoms with E-state index in [-0.39, 0.29) is 17.1 Å². The zero-order valence-electron chi connectivity index (χ0n) is 9.92. The van der Waals surface area contributed by atoms with E-state index in [4.69, 9.17) is 9.84 Å². The van der Waals surface area contributed by atoms with E-state index in [9.17, 15) is 9.18 Å². The Kier molecular flexibility index (Phi) is 2.81. The van der Waals surface area contributed by atoms with Gasteiger partial charge >= 0.3 is 5.97 Å². The number of aromatic carboxylic acids is 1. The molecule has 0 amide bonds. The SMILES string of the molecule is CCC1(CC)Cc2c(F)ccc(C(=O)O)c2O1. The standard InChI is InChI=1S/C13H15FO3/c1-3-13(4-2)7-9-10(14)6-5-8(12(15)16)11(9)17-13/h5-6H,3-4,7H2,1-2H3,(H,15,16). The van der Waals surface area contributed by atoms with Crippen LogP contribution >= 0.6 is 0 Å². The van der Waals surface area contributed by atoms with Crippen LogP contribution in [0.5, 0.6) is 5.75 Å². The lowest BCUT2D eigenvalue weighted by atomic mass is 9.91. The van der Waals surface area contributed by atoms with Crippen molar-refractivity contribution in [2.45, 2.75) is 38.7 Å². The molecule has 1 aromatic carbocycles. The summed E-state index contributed by atoms with van der Waals surface area (Å²) in [6, 6.07) is 2.46. The van der Waals surface area contributed by atoms with Crippen molar-refractivity contribution in [1.29, 1.82) is 0 Å². The highest BCUT2D eigenvalue weighted by Gasteiger charge is 2.40. The maximum absolute atomic E-state index is 13.7. The van der Waals surface area contributed by atoms with Gasteiger partial charge in [0.15, 0.2) is 0 Å². The van der Waals surface area contributed by atoms with E-state index in [0.29, 0.717) is 12.0 Å². The molecule has 4 heteroatoms. The van der Waals surface area contributed by atoms with E-state index >= 15 is 0 Å². The van der Waals surface area contributed by atoms with Crippen molar-refractivity contribution in [1.82, 2.24) is 0 Å². The van der Waals surface area contributed by atoms with Crippen molar-refractivity contribution in [3.63, 3.8) is 0 Å². The molecule has 0 atom stereocenters. The summed E-state index contributed by atoms with van der Waals surface area (Å²) in [5.74, 6) is -1.25. The Morgan fingerprint density at radius 2 is 2.12 bits per heavy atom. The Bertz CT molecular complexity index is 464. The fourth-order valence-electron chi connectivity index (χ4n) is 2.27. The molecule has 1 N–H and O–H groups in total. The fourth-order valence-corrected chi connectivity index (χ4v) is 2.27. The minimum atomic E-state index is -1.08. The fraction of sp³-hybridized carbons (Fsp3) is 0.462. The summed E-state index contributed by atoms with van der Waals surface area (Å²) >= 11 is 0. The largest absolute Gasteiger partial charge is 0.486 e. The molecule has 1 heterocycles. The molecule has 92 valence electrons. The van der Waals surface area contributed by atoms with Crippen molar-refractivity contribution < 1.29 is 19.0 Å². The predicted molar refractivity (Wildman–Crippen MR) is 61.0 cm³/mol. The summed E-state index contributed by atoms with van der Waals surface area (Å²) in [4.78, 5) is 11.1. The summed E-state index contributed by atoms with van der Waals surface area (Å²) in [6.07, 6.45) is 1.91. The van der Waals surface area contributed by atoms with Crippen molar-refractivity contribution in [3.05, 3.63) is 29.1 Å². The van der Waals surface area contributed by atoms with E-state index in [1.807, 2.05) is 13.8 Å². The highest BCUT2D eigenvalue weighted by molar-refractivity contribution is 5.91. The van der Waals surface area contributed by atoms with E-state index in [0.717, 1.165) is 12.8 Å². The first-order valence-electron chi connectivity index (χ1n) is 5.76. The van der Waals surface area contributed by atoms with Gasteiger partial charge in [0.1, 0.15) is 22.7 Å². The molecule has 17 heavy (non-hydrogen) atoms. The molecule has 0 aliphatic carbocycles. The van der Waals surface area contributed by atoms with Crippen LogP contribution in [0, 0.1) is 5.82 Å². The molecule has 1 aliphatic rings. The smallest absolute Gasteiger partial charge is 0.339 e. The highest BCUT2D eigenvalue weighted by Crippen LogP contribution is 2.42. The quantitative estimate of drug-likeness (QED) is 0.880. The van der Waals surface area contributed by atoms with Crippen LogP contribution in [0.15, 0.2) is 12.1 Å². The molecule has 3 nitrogen and oxygen atoms in total. The molecule has 1 aromatic rings. The van der Waals surface area contributed by atoms with E-state index < -0.39 is 11.6 Å². The van der Waals surface area contributed by atoms with E-state index in [2.05, 4.69) is 0 Å². The number of halogens is 1. The molecular weight excluding hydrogens is 223 g/mol. The second kappa shape index (κ2) is 4.02. The molecule has 0 saturated carbocycles. The van der Waals surface area contributed by atoms with Crippen LogP contribution in [-0.2, 0) is 6.42 Å². The van der Waals surface area contributed by atoms with Gasteiger partial charge in [0.05, 0.1) is 0 Å². The number of fused-ring (bicyclic) bond motifs is 1. The second-order valence-electron chi connectivity index (χ2n) is 4.38. The third-order valence-electron chi connectivity index (χ3n) is 3.54. The van der Waals surface area contributed by atoms with Gasteiger partial charge in [-0.3, -0.25) is 0 Å². The molecule has 0 spiro atoms. The second-order valence-corrected chi connectivity index (χ2v) is 4.38. The molecule has 1 aliphatic heterocycles. The van der Waals surface area contributed by atoms with Crippen LogP contribution in [0.4, 0.5) is 4.39 Å². The van der Waals surface area contributed by atoms with Gasteiger partial charge in [-0.15, -0.1) is 0 Å². The normalized spacial score (nSPS) is 16.4. The van der Waals surface area contributed by atoms with E-state index in [1.165, 1.54) is 12.1 Å². The molecule has 0 unspecified atom stereocenters. The van der Waals surface area contributed by atoms with Gasteiger partial charge in [-0.25, -0.2) is 9.18 Å². The summed E-state index contributed by atoms with van der Waals surface area (Å²) in [7, 11) is 0. The van der Waals surface area contributed by atoms with Crippen LogP contribution in [0.25, 0.3) is 0 Å². The van der Waals surface area contributed by atoms with Gasteiger partial charge in [-0.2, -0.15) is 0 Å². The Balaban J connectivity index is 2.53. The number of benzene rings is 1. The molecular formula is C13H15FO3. The molecule has 0 radical (unpaired) electrons. The zero-order valence-corrected chi connectivity index (χ0v) is 9.92. The first-order valence-corrected chi connectivity index (χ1v) is 5.76. The third-order valence-corrected chi connectivity index (χ3v) is 3.54. The highest BCUT2D eigenvalue weighted by atomic mass is 19.1. The topological polar surface area (TPSA) is 46.5 Å². The molecule has 2 rings (SSSR count). The lowest BCUT2D eigenvalue weighted by molar-refractivity contribution is 0.0660. The van der Waals surface area contributed by atoms with Crippen molar-refractivity contribution in [3.8, 4) is 5.75 Å². The Labute approximate surface area is 99.2 Å². The van der Waals surface area contributed by atoms with Gasteiger partial charge in [-0.05, 0) is 25.0 Å². The summed E-state index contributed by atoms with van der Waals surface area (Å²) < 4.78 is 19.4. The summed E-state index contributed by atoms with van der Waals surface area (Å²) in [5.41, 5.74) is -0.00637. The number of hydrogen-bond acceptors (Lipinski definition) is 2. The Morgan fingerprint density at radius 3 is 2.65 bits per heavy atom. The first-order chi connectivity index (χ1) is 8.03. The van der Waals surface area contributed by atoms with Crippen LogP contribution in [-0.4, -0.2) is 16.7 Å². The third kappa shape index (κ3) is 1.77. The average Bonchev–Trinajstić information content (AvgIpc) is 2.70. The minimum Gasteiger partial charge on any atom is -0.486 e. The van der Waals surface area contributed by atoms with Crippen molar-refractivity contribution in [2.75, 3.05) is 0 Å². The minimum absolute atomic E-state index is 0.0465. The van der Waals surface area contributed by atoms with Crippen molar-refractivity contribution in [2.24, 2.45) is 0 Å². The molecule has 0 fully saturated rings. The lowest BCUT2D eigenvalue weighted by Crippen LogP contribution is -2.32. The monoisotopic (exact) mass is 238 g/mol. The number of rotatable bonds is 3. The Hall–Kier alpha value is -1.58. The van der Waals surface area contributed by atoms with Crippen LogP contribution in [0.1, 0.15) is 42.6 Å². The van der Waals surface area contributed by atoms with E-state index in [1.54, 1.807) is 0 Å². The summed E-state index contributed by atoms with van der Waals surface area (Å²) in [6.45, 7) is 3.93. The maximum atomic E-state index is 13.7. The van der Waals surface area contributed by atoms with Crippen LogP contribution < -0.4 is 4.74 Å². The first kappa shape index (κ1) is 11.9. The van der Waals surface area contributed by atoms with Gasteiger partial charge in [0.25, 0.3) is 0 Å². The zero-order chi connectivity index (χ0) is 12.6. The van der Waals surface area contributed by atoms with Crippen LogP contribution in [0.3, 0.4) is 0 Å².